The minimum atomic E-state index is -1.08. The summed E-state index contributed by atoms with van der Waals surface area (Å²) in [6.07, 6.45) is -6.54. The van der Waals surface area contributed by atoms with Gasteiger partial charge in [-0.25, -0.2) is 0 Å². The highest BCUT2D eigenvalue weighted by atomic mass is 16.8. The van der Waals surface area contributed by atoms with Crippen LogP contribution < -0.4 is 11.5 Å². The second-order valence-electron chi connectivity index (χ2n) is 16.4. The lowest BCUT2D eigenvalue weighted by Gasteiger charge is -2.49. The van der Waals surface area contributed by atoms with Gasteiger partial charge in [0, 0.05) is 0 Å². The lowest BCUT2D eigenvalue weighted by Crippen LogP contribution is -2.68. The van der Waals surface area contributed by atoms with Gasteiger partial charge in [0.05, 0.1) is 64.9 Å². The Labute approximate surface area is 382 Å². The molecule has 2 aliphatic heterocycles. The smallest absolute Gasteiger partial charge is 0.190 e. The Kier molecular flexibility index (Phi) is 17.4. The number of rotatable bonds is 22. The van der Waals surface area contributed by atoms with E-state index in [1.807, 2.05) is 182 Å². The van der Waals surface area contributed by atoms with E-state index in [9.17, 15) is 0 Å². The lowest BCUT2D eigenvalue weighted by atomic mass is 9.95. The molecule has 0 aliphatic carbocycles. The monoisotopic (exact) mass is 880 g/mol. The van der Waals surface area contributed by atoms with E-state index in [4.69, 9.17) is 54.1 Å². The average molecular weight is 881 g/mol. The molecule has 2 saturated heterocycles. The minimum Gasteiger partial charge on any atom is -0.374 e. The Morgan fingerprint density at radius 1 is 0.323 bits per heavy atom. The van der Waals surface area contributed by atoms with Gasteiger partial charge in [0.25, 0.3) is 0 Å². The quantitative estimate of drug-likeness (QED) is 0.0690. The Morgan fingerprint density at radius 2 is 0.569 bits per heavy atom. The van der Waals surface area contributed by atoms with E-state index in [-0.39, 0.29) is 39.6 Å². The van der Waals surface area contributed by atoms with Crippen molar-refractivity contribution in [2.75, 3.05) is 13.2 Å². The second-order valence-corrected chi connectivity index (χ2v) is 16.4. The van der Waals surface area contributed by atoms with Gasteiger partial charge in [-0.05, 0) is 33.4 Å². The van der Waals surface area contributed by atoms with Crippen LogP contribution in [-0.4, -0.2) is 74.5 Å². The van der Waals surface area contributed by atoms with Gasteiger partial charge in [-0.1, -0.05) is 182 Å². The van der Waals surface area contributed by atoms with Crippen LogP contribution in [-0.2, 0) is 82.3 Å². The highest BCUT2D eigenvalue weighted by Gasteiger charge is 2.52. The first-order valence-electron chi connectivity index (χ1n) is 22.4. The zero-order valence-electron chi connectivity index (χ0n) is 36.6. The first-order chi connectivity index (χ1) is 32.1. The van der Waals surface area contributed by atoms with Crippen LogP contribution in [0.2, 0.25) is 0 Å². The van der Waals surface area contributed by atoms with Crippen molar-refractivity contribution in [3.63, 3.8) is 0 Å². The van der Waals surface area contributed by atoms with Crippen molar-refractivity contribution < 1.29 is 42.6 Å². The van der Waals surface area contributed by atoms with Crippen LogP contribution in [0.15, 0.2) is 182 Å². The van der Waals surface area contributed by atoms with E-state index in [0.717, 1.165) is 33.4 Å². The van der Waals surface area contributed by atoms with Crippen LogP contribution in [0.3, 0.4) is 0 Å². The molecule has 0 bridgehead atoms. The molecule has 0 unspecified atom stereocenters. The number of nitrogens with two attached hydrogens (primary N) is 2. The Hall–Kier alpha value is -5.12. The van der Waals surface area contributed by atoms with Gasteiger partial charge in [-0.3, -0.25) is 0 Å². The summed E-state index contributed by atoms with van der Waals surface area (Å²) in [6, 6.07) is 58.4. The third-order valence-corrected chi connectivity index (χ3v) is 11.6. The third kappa shape index (κ3) is 13.5. The highest BCUT2D eigenvalue weighted by molar-refractivity contribution is 5.18. The molecule has 10 atom stereocenters. The fraction of sp³-hybridized carbons (Fsp3) is 0.333. The van der Waals surface area contributed by atoms with Crippen LogP contribution in [0.25, 0.3) is 0 Å². The molecule has 4 N–H and O–H groups in total. The second kappa shape index (κ2) is 24.4. The van der Waals surface area contributed by atoms with Crippen molar-refractivity contribution in [1.29, 1.82) is 0 Å². The predicted molar refractivity (Wildman–Crippen MR) is 247 cm³/mol. The Morgan fingerprint density at radius 3 is 0.846 bits per heavy atom. The minimum absolute atomic E-state index is 0.162. The summed E-state index contributed by atoms with van der Waals surface area (Å²) < 4.78 is 60.6. The molecular weight excluding hydrogens is 821 g/mol. The molecule has 6 aromatic rings. The van der Waals surface area contributed by atoms with Crippen LogP contribution in [0.4, 0.5) is 0 Å². The normalized spacial score (nSPS) is 25.6. The SMILES string of the molecule is N[C@H]1[C@H](OCc2ccccc2)[C@@H](OCc2ccccc2)[C@@H](O[C@H]2O[C@H](COCc3ccccc3)[C@@H](N)[C@H](OCc3ccccc3)[C@H]2OCc2ccccc2)O[C@@H]1COCc1ccccc1. The van der Waals surface area contributed by atoms with Crippen LogP contribution in [0.5, 0.6) is 0 Å². The topological polar surface area (TPSA) is 135 Å². The van der Waals surface area contributed by atoms with Gasteiger partial charge >= 0.3 is 0 Å². The molecule has 2 fully saturated rings. The zero-order chi connectivity index (χ0) is 44.5. The molecule has 6 aromatic carbocycles. The Bertz CT molecular complexity index is 2050. The van der Waals surface area contributed by atoms with Gasteiger partial charge in [-0.15, -0.1) is 0 Å². The van der Waals surface area contributed by atoms with E-state index < -0.39 is 61.3 Å². The average Bonchev–Trinajstić information content (AvgIpc) is 3.36. The van der Waals surface area contributed by atoms with E-state index in [0.29, 0.717) is 13.2 Å². The van der Waals surface area contributed by atoms with Crippen LogP contribution >= 0.6 is 0 Å². The maximum absolute atomic E-state index is 7.15. The van der Waals surface area contributed by atoms with Crippen molar-refractivity contribution in [3.8, 4) is 0 Å². The van der Waals surface area contributed by atoms with Gasteiger partial charge in [0.15, 0.2) is 12.6 Å². The van der Waals surface area contributed by atoms with Crippen LogP contribution in [0, 0.1) is 0 Å². The van der Waals surface area contributed by atoms with E-state index in [2.05, 4.69) is 0 Å². The molecule has 11 heteroatoms. The largest absolute Gasteiger partial charge is 0.374 e. The summed E-state index contributed by atoms with van der Waals surface area (Å²) in [4.78, 5) is 0. The summed E-state index contributed by atoms with van der Waals surface area (Å²) in [6.45, 7) is 2.10. The molecule has 0 aromatic heterocycles. The molecule has 0 saturated carbocycles. The lowest BCUT2D eigenvalue weighted by molar-refractivity contribution is -0.374. The summed E-state index contributed by atoms with van der Waals surface area (Å²) in [5, 5.41) is 0. The van der Waals surface area contributed by atoms with Crippen molar-refractivity contribution in [3.05, 3.63) is 215 Å². The molecule has 65 heavy (non-hydrogen) atoms. The van der Waals surface area contributed by atoms with Gasteiger partial charge in [0.2, 0.25) is 0 Å². The van der Waals surface area contributed by atoms with E-state index in [1.54, 1.807) is 0 Å². The number of hydrogen-bond donors (Lipinski definition) is 2. The molecule has 2 aliphatic rings. The summed E-state index contributed by atoms with van der Waals surface area (Å²) in [5.74, 6) is 0. The van der Waals surface area contributed by atoms with Gasteiger partial charge in [0.1, 0.15) is 36.6 Å². The summed E-state index contributed by atoms with van der Waals surface area (Å²) >= 11 is 0. The number of hydrogen-bond acceptors (Lipinski definition) is 11. The molecular formula is C54H60N2O9. The van der Waals surface area contributed by atoms with Crippen molar-refractivity contribution in [1.82, 2.24) is 0 Å². The van der Waals surface area contributed by atoms with Gasteiger partial charge in [-0.2, -0.15) is 0 Å². The number of ether oxygens (including phenoxy) is 9. The molecule has 0 radical (unpaired) electrons. The Balaban J connectivity index is 1.12. The third-order valence-electron chi connectivity index (χ3n) is 11.6. The molecule has 340 valence electrons. The predicted octanol–water partition coefficient (Wildman–Crippen LogP) is 7.88. The maximum Gasteiger partial charge on any atom is 0.190 e. The maximum atomic E-state index is 7.15. The van der Waals surface area contributed by atoms with Crippen molar-refractivity contribution in [2.45, 2.75) is 101 Å². The van der Waals surface area contributed by atoms with Crippen molar-refractivity contribution in [2.24, 2.45) is 11.5 Å². The van der Waals surface area contributed by atoms with Crippen LogP contribution in [0.1, 0.15) is 33.4 Å². The van der Waals surface area contributed by atoms with E-state index in [1.165, 1.54) is 0 Å². The number of benzene rings is 6. The molecule has 0 amide bonds. The van der Waals surface area contributed by atoms with Crippen molar-refractivity contribution >= 4 is 0 Å². The fourth-order valence-corrected chi connectivity index (χ4v) is 8.06. The first kappa shape index (κ1) is 46.4. The standard InChI is InChI=1S/C54H60N2O9/c55-47-45(37-57-31-39-19-7-1-8-20-39)63-53(51(61-35-43-27-15-5-16-28-43)49(47)59-33-41-23-11-3-12-24-41)65-54-52(62-36-44-29-17-6-18-30-44)50(60-34-42-25-13-4-14-26-42)48(56)46(64-54)38-58-32-40-21-9-2-10-22-40/h1-30,45-54H,31-38,55-56H2/t45-,46-,47-,48-,49+,50+,51-,52-,53-,54-/m1/s1. The molecule has 2 heterocycles. The van der Waals surface area contributed by atoms with Gasteiger partial charge < -0.3 is 54.1 Å². The fourth-order valence-electron chi connectivity index (χ4n) is 8.06. The summed E-state index contributed by atoms with van der Waals surface area (Å²) in [5.41, 5.74) is 20.2. The summed E-state index contributed by atoms with van der Waals surface area (Å²) in [7, 11) is 0. The molecule has 0 spiro atoms. The molecule has 11 nitrogen and oxygen atoms in total. The van der Waals surface area contributed by atoms with E-state index >= 15 is 0 Å². The zero-order valence-corrected chi connectivity index (χ0v) is 36.6. The molecule has 8 rings (SSSR count). The highest BCUT2D eigenvalue weighted by Crippen LogP contribution is 2.34. The first-order valence-corrected chi connectivity index (χ1v) is 22.4.